The standard InChI is InChI=1S/C25H29N3.2ClH/c1-19-3-7-22(8-4-19)25-17-21(11-16-27-25)18-28(24-12-14-26-15-13-24)23-9-5-20(2)6-10-23;;/h3-11,16-17,24,26H,12-15,18H2,1-2H3;2*1H. The van der Waals surface area contributed by atoms with E-state index in [0.29, 0.717) is 6.04 Å². The summed E-state index contributed by atoms with van der Waals surface area (Å²) in [6.07, 6.45) is 4.31. The van der Waals surface area contributed by atoms with Crippen LogP contribution in [0.3, 0.4) is 0 Å². The molecule has 30 heavy (non-hydrogen) atoms. The van der Waals surface area contributed by atoms with E-state index in [1.807, 2.05) is 6.20 Å². The van der Waals surface area contributed by atoms with Crippen molar-refractivity contribution >= 4 is 30.5 Å². The van der Waals surface area contributed by atoms with Crippen LogP contribution >= 0.6 is 24.8 Å². The zero-order chi connectivity index (χ0) is 19.3. The van der Waals surface area contributed by atoms with Gasteiger partial charge in [-0.2, -0.15) is 0 Å². The summed E-state index contributed by atoms with van der Waals surface area (Å²) < 4.78 is 0. The van der Waals surface area contributed by atoms with Crippen molar-refractivity contribution < 1.29 is 0 Å². The Labute approximate surface area is 192 Å². The molecule has 0 saturated carbocycles. The van der Waals surface area contributed by atoms with Crippen LogP contribution < -0.4 is 10.2 Å². The Morgan fingerprint density at radius 1 is 0.867 bits per heavy atom. The Morgan fingerprint density at radius 3 is 2.10 bits per heavy atom. The molecule has 0 bridgehead atoms. The van der Waals surface area contributed by atoms with Crippen molar-refractivity contribution in [1.29, 1.82) is 0 Å². The van der Waals surface area contributed by atoms with Gasteiger partial charge in [-0.1, -0.05) is 47.5 Å². The summed E-state index contributed by atoms with van der Waals surface area (Å²) in [4.78, 5) is 7.19. The average Bonchev–Trinajstić information content (AvgIpc) is 2.74. The van der Waals surface area contributed by atoms with Gasteiger partial charge in [0.2, 0.25) is 0 Å². The summed E-state index contributed by atoms with van der Waals surface area (Å²) in [6.45, 7) is 7.37. The highest BCUT2D eigenvalue weighted by atomic mass is 35.5. The lowest BCUT2D eigenvalue weighted by atomic mass is 10.0. The molecule has 3 nitrogen and oxygen atoms in total. The summed E-state index contributed by atoms with van der Waals surface area (Å²) in [5.74, 6) is 0. The first-order chi connectivity index (χ1) is 13.7. The maximum absolute atomic E-state index is 4.61. The molecule has 2 aromatic carbocycles. The van der Waals surface area contributed by atoms with Crippen molar-refractivity contribution in [3.63, 3.8) is 0 Å². The molecule has 1 N–H and O–H groups in total. The number of nitrogens with zero attached hydrogens (tertiary/aromatic N) is 2. The van der Waals surface area contributed by atoms with E-state index in [4.69, 9.17) is 0 Å². The number of pyridine rings is 1. The van der Waals surface area contributed by atoms with E-state index in [-0.39, 0.29) is 24.8 Å². The molecule has 1 aliphatic rings. The topological polar surface area (TPSA) is 28.2 Å². The first kappa shape index (κ1) is 24.2. The number of nitrogens with one attached hydrogen (secondary N) is 1. The third-order valence-electron chi connectivity index (χ3n) is 5.64. The molecule has 0 aliphatic carbocycles. The van der Waals surface area contributed by atoms with Gasteiger partial charge in [0, 0.05) is 30.0 Å². The highest BCUT2D eigenvalue weighted by molar-refractivity contribution is 5.85. The number of benzene rings is 2. The van der Waals surface area contributed by atoms with Gasteiger partial charge >= 0.3 is 0 Å². The monoisotopic (exact) mass is 443 g/mol. The van der Waals surface area contributed by atoms with Crippen LogP contribution in [0.15, 0.2) is 66.9 Å². The molecule has 1 fully saturated rings. The minimum absolute atomic E-state index is 0. The smallest absolute Gasteiger partial charge is 0.0705 e. The lowest BCUT2D eigenvalue weighted by molar-refractivity contribution is 0.428. The number of anilines is 1. The van der Waals surface area contributed by atoms with Crippen LogP contribution in [0.1, 0.15) is 29.5 Å². The Morgan fingerprint density at radius 2 is 1.47 bits per heavy atom. The molecule has 0 atom stereocenters. The molecular formula is C25H31Cl2N3. The summed E-state index contributed by atoms with van der Waals surface area (Å²) >= 11 is 0. The van der Waals surface area contributed by atoms with Crippen LogP contribution in [-0.4, -0.2) is 24.1 Å². The van der Waals surface area contributed by atoms with E-state index < -0.39 is 0 Å². The van der Waals surface area contributed by atoms with Crippen molar-refractivity contribution in [3.8, 4) is 11.3 Å². The third kappa shape index (κ3) is 5.98. The SMILES string of the molecule is Cc1ccc(-c2cc(CN(c3ccc(C)cc3)C3CCNCC3)ccn2)cc1.Cl.Cl. The Kier molecular flexibility index (Phi) is 9.16. The maximum Gasteiger partial charge on any atom is 0.0705 e. The average molecular weight is 444 g/mol. The minimum atomic E-state index is 0. The van der Waals surface area contributed by atoms with Crippen molar-refractivity contribution in [2.75, 3.05) is 18.0 Å². The van der Waals surface area contributed by atoms with Crippen LogP contribution in [0.5, 0.6) is 0 Å². The molecule has 0 spiro atoms. The molecule has 1 saturated heterocycles. The number of aryl methyl sites for hydroxylation is 2. The number of piperidine rings is 1. The highest BCUT2D eigenvalue weighted by Crippen LogP contribution is 2.26. The second kappa shape index (κ2) is 11.4. The highest BCUT2D eigenvalue weighted by Gasteiger charge is 2.21. The van der Waals surface area contributed by atoms with Crippen molar-refractivity contribution in [2.45, 2.75) is 39.3 Å². The summed E-state index contributed by atoms with van der Waals surface area (Å²) in [7, 11) is 0. The first-order valence-electron chi connectivity index (χ1n) is 10.2. The Hall–Kier alpha value is -2.07. The number of rotatable bonds is 5. The fourth-order valence-corrected chi connectivity index (χ4v) is 3.94. The lowest BCUT2D eigenvalue weighted by Gasteiger charge is -2.36. The molecule has 160 valence electrons. The van der Waals surface area contributed by atoms with Crippen molar-refractivity contribution in [2.24, 2.45) is 0 Å². The predicted molar refractivity (Wildman–Crippen MR) is 132 cm³/mol. The molecule has 3 aromatic rings. The zero-order valence-electron chi connectivity index (χ0n) is 17.7. The van der Waals surface area contributed by atoms with Crippen LogP contribution in [0.4, 0.5) is 5.69 Å². The van der Waals surface area contributed by atoms with Crippen LogP contribution in [0.25, 0.3) is 11.3 Å². The summed E-state index contributed by atoms with van der Waals surface area (Å²) in [5, 5.41) is 3.49. The quantitative estimate of drug-likeness (QED) is 0.526. The fourth-order valence-electron chi connectivity index (χ4n) is 3.94. The van der Waals surface area contributed by atoms with E-state index in [0.717, 1.165) is 25.3 Å². The molecule has 4 rings (SSSR count). The van der Waals surface area contributed by atoms with Gasteiger partial charge in [-0.25, -0.2) is 0 Å². The van der Waals surface area contributed by atoms with Gasteiger partial charge in [0.15, 0.2) is 0 Å². The minimum Gasteiger partial charge on any atom is -0.364 e. The van der Waals surface area contributed by atoms with E-state index in [9.17, 15) is 0 Å². The van der Waals surface area contributed by atoms with Gasteiger partial charge in [-0.05, 0) is 69.6 Å². The molecule has 1 aromatic heterocycles. The van der Waals surface area contributed by atoms with Gasteiger partial charge in [-0.3, -0.25) is 4.98 Å². The Balaban J connectivity index is 0.00000160. The first-order valence-corrected chi connectivity index (χ1v) is 10.2. The van der Waals surface area contributed by atoms with Gasteiger partial charge in [-0.15, -0.1) is 24.8 Å². The van der Waals surface area contributed by atoms with E-state index in [2.05, 4.69) is 89.7 Å². The normalized spacial score (nSPS) is 13.8. The number of halogens is 2. The Bertz CT molecular complexity index is 904. The van der Waals surface area contributed by atoms with E-state index in [1.165, 1.54) is 40.8 Å². The molecule has 1 aliphatic heterocycles. The number of hydrogen-bond acceptors (Lipinski definition) is 3. The molecular weight excluding hydrogens is 413 g/mol. The zero-order valence-corrected chi connectivity index (χ0v) is 19.3. The molecule has 0 unspecified atom stereocenters. The fraction of sp³-hybridized carbons (Fsp3) is 0.320. The van der Waals surface area contributed by atoms with Crippen LogP contribution in [-0.2, 0) is 6.54 Å². The third-order valence-corrected chi connectivity index (χ3v) is 5.64. The molecule has 0 amide bonds. The van der Waals surface area contributed by atoms with Crippen LogP contribution in [0, 0.1) is 13.8 Å². The largest absolute Gasteiger partial charge is 0.364 e. The van der Waals surface area contributed by atoms with E-state index in [1.54, 1.807) is 0 Å². The second-order valence-electron chi connectivity index (χ2n) is 7.86. The summed E-state index contributed by atoms with van der Waals surface area (Å²) in [6, 6.07) is 22.5. The molecule has 5 heteroatoms. The predicted octanol–water partition coefficient (Wildman–Crippen LogP) is 5.97. The number of aromatic nitrogens is 1. The van der Waals surface area contributed by atoms with Gasteiger partial charge < -0.3 is 10.2 Å². The van der Waals surface area contributed by atoms with Gasteiger partial charge in [0.1, 0.15) is 0 Å². The lowest BCUT2D eigenvalue weighted by Crippen LogP contribution is -2.43. The van der Waals surface area contributed by atoms with Crippen molar-refractivity contribution in [3.05, 3.63) is 83.6 Å². The molecule has 0 radical (unpaired) electrons. The van der Waals surface area contributed by atoms with Gasteiger partial charge in [0.25, 0.3) is 0 Å². The van der Waals surface area contributed by atoms with Gasteiger partial charge in [0.05, 0.1) is 5.69 Å². The van der Waals surface area contributed by atoms with E-state index >= 15 is 0 Å². The summed E-state index contributed by atoms with van der Waals surface area (Å²) in [5.41, 5.74) is 7.43. The van der Waals surface area contributed by atoms with Crippen molar-refractivity contribution in [1.82, 2.24) is 10.3 Å². The van der Waals surface area contributed by atoms with Crippen LogP contribution in [0.2, 0.25) is 0 Å². The molecule has 2 heterocycles. The number of hydrogen-bond donors (Lipinski definition) is 1. The maximum atomic E-state index is 4.61. The second-order valence-corrected chi connectivity index (χ2v) is 7.86.